The quantitative estimate of drug-likeness (QED) is 0.799. The molecule has 1 fully saturated rings. The van der Waals surface area contributed by atoms with Crippen LogP contribution in [0.25, 0.3) is 10.9 Å². The van der Waals surface area contributed by atoms with Gasteiger partial charge in [-0.15, -0.1) is 5.06 Å². The minimum atomic E-state index is 0.0911. The number of carbonyl (C=O) groups is 1. The lowest BCUT2D eigenvalue weighted by molar-refractivity contribution is -0.0831. The second-order valence-corrected chi connectivity index (χ2v) is 6.41. The van der Waals surface area contributed by atoms with E-state index >= 15 is 0 Å². The smallest absolute Gasteiger partial charge is 0.253 e. The van der Waals surface area contributed by atoms with Crippen LogP contribution >= 0.6 is 0 Å². The number of hydrogen-bond acceptors (Lipinski definition) is 3. The predicted molar refractivity (Wildman–Crippen MR) is 97.6 cm³/mol. The maximum atomic E-state index is 12.6. The van der Waals surface area contributed by atoms with Crippen LogP contribution in [-0.2, 0) is 0 Å². The molecule has 3 aromatic rings. The zero-order valence-corrected chi connectivity index (χ0v) is 14.2. The molecule has 1 aliphatic rings. The number of aromatic amines is 1. The van der Waals surface area contributed by atoms with Crippen LogP contribution in [0.15, 0.2) is 54.7 Å². The minimum Gasteiger partial charge on any atom is -0.406 e. The molecule has 0 radical (unpaired) electrons. The zero-order chi connectivity index (χ0) is 17.2. The maximum absolute atomic E-state index is 12.6. The Hall–Kier alpha value is -2.79. The van der Waals surface area contributed by atoms with Crippen molar-refractivity contribution in [2.45, 2.75) is 6.92 Å². The van der Waals surface area contributed by atoms with Crippen LogP contribution in [0.1, 0.15) is 15.9 Å². The van der Waals surface area contributed by atoms with Crippen LogP contribution in [-0.4, -0.2) is 47.0 Å². The SMILES string of the molecule is Cc1ccc(C(=O)N2CCN(Oc3ccc4[nH]ccc4c3)CC2)cc1. The van der Waals surface area contributed by atoms with Gasteiger partial charge in [-0.05, 0) is 43.3 Å². The Labute approximate surface area is 146 Å². The highest BCUT2D eigenvalue weighted by molar-refractivity contribution is 5.94. The molecule has 1 N–H and O–H groups in total. The van der Waals surface area contributed by atoms with Gasteiger partial charge < -0.3 is 14.7 Å². The Morgan fingerprint density at radius 3 is 2.52 bits per heavy atom. The summed E-state index contributed by atoms with van der Waals surface area (Å²) in [5.74, 6) is 0.916. The van der Waals surface area contributed by atoms with E-state index in [-0.39, 0.29) is 5.91 Å². The molecular formula is C20H21N3O2. The molecule has 0 atom stereocenters. The molecule has 1 saturated heterocycles. The summed E-state index contributed by atoms with van der Waals surface area (Å²) in [6, 6.07) is 15.8. The first-order valence-electron chi connectivity index (χ1n) is 8.55. The summed E-state index contributed by atoms with van der Waals surface area (Å²) in [5.41, 5.74) is 3.01. The van der Waals surface area contributed by atoms with Gasteiger partial charge in [0.1, 0.15) is 5.75 Å². The summed E-state index contributed by atoms with van der Waals surface area (Å²) in [7, 11) is 0. The Morgan fingerprint density at radius 2 is 1.76 bits per heavy atom. The van der Waals surface area contributed by atoms with Crippen molar-refractivity contribution >= 4 is 16.8 Å². The van der Waals surface area contributed by atoms with Crippen LogP contribution in [0.3, 0.4) is 0 Å². The lowest BCUT2D eigenvalue weighted by Crippen LogP contribution is -2.49. The third kappa shape index (κ3) is 3.37. The van der Waals surface area contributed by atoms with Crippen molar-refractivity contribution in [1.29, 1.82) is 0 Å². The largest absolute Gasteiger partial charge is 0.406 e. The maximum Gasteiger partial charge on any atom is 0.253 e. The number of aromatic nitrogens is 1. The van der Waals surface area contributed by atoms with E-state index in [0.29, 0.717) is 26.2 Å². The molecule has 0 saturated carbocycles. The van der Waals surface area contributed by atoms with Crippen molar-refractivity contribution in [3.63, 3.8) is 0 Å². The van der Waals surface area contributed by atoms with E-state index in [9.17, 15) is 4.79 Å². The number of carbonyl (C=O) groups excluding carboxylic acids is 1. The highest BCUT2D eigenvalue weighted by atomic mass is 16.7. The summed E-state index contributed by atoms with van der Waals surface area (Å²) in [4.78, 5) is 23.6. The normalized spacial score (nSPS) is 15.5. The van der Waals surface area contributed by atoms with Gasteiger partial charge >= 0.3 is 0 Å². The van der Waals surface area contributed by atoms with Gasteiger partial charge in [0, 0.05) is 35.8 Å². The predicted octanol–water partition coefficient (Wildman–Crippen LogP) is 3.23. The average Bonchev–Trinajstić information content (AvgIpc) is 3.10. The van der Waals surface area contributed by atoms with Crippen molar-refractivity contribution in [1.82, 2.24) is 14.9 Å². The lowest BCUT2D eigenvalue weighted by atomic mass is 10.1. The molecule has 4 rings (SSSR count). The molecule has 5 heteroatoms. The van der Waals surface area contributed by atoms with Crippen LogP contribution in [0.5, 0.6) is 5.75 Å². The molecule has 0 aliphatic carbocycles. The summed E-state index contributed by atoms with van der Waals surface area (Å²) in [5, 5.41) is 3.05. The Morgan fingerprint density at radius 1 is 1.00 bits per heavy atom. The van der Waals surface area contributed by atoms with Gasteiger partial charge in [-0.2, -0.15) is 0 Å². The number of piperazine rings is 1. The van der Waals surface area contributed by atoms with Crippen molar-refractivity contribution in [3.8, 4) is 5.75 Å². The molecule has 2 heterocycles. The number of hydrogen-bond donors (Lipinski definition) is 1. The number of hydroxylamine groups is 2. The van der Waals surface area contributed by atoms with Crippen LogP contribution in [0.2, 0.25) is 0 Å². The van der Waals surface area contributed by atoms with Crippen LogP contribution in [0.4, 0.5) is 0 Å². The summed E-state index contributed by atoms with van der Waals surface area (Å²) >= 11 is 0. The molecule has 5 nitrogen and oxygen atoms in total. The van der Waals surface area contributed by atoms with Crippen molar-refractivity contribution in [2.75, 3.05) is 26.2 Å². The van der Waals surface area contributed by atoms with E-state index in [0.717, 1.165) is 27.8 Å². The van der Waals surface area contributed by atoms with Crippen LogP contribution < -0.4 is 4.84 Å². The summed E-state index contributed by atoms with van der Waals surface area (Å²) in [6.07, 6.45) is 1.92. The van der Waals surface area contributed by atoms with Crippen LogP contribution in [0, 0.1) is 6.92 Å². The van der Waals surface area contributed by atoms with Crippen molar-refractivity contribution < 1.29 is 9.63 Å². The van der Waals surface area contributed by atoms with E-state index in [4.69, 9.17) is 4.84 Å². The number of fused-ring (bicyclic) bond motifs is 1. The number of rotatable bonds is 3. The molecule has 1 aromatic heterocycles. The van der Waals surface area contributed by atoms with Gasteiger partial charge in [0.05, 0.1) is 13.1 Å². The van der Waals surface area contributed by atoms with Gasteiger partial charge in [0.25, 0.3) is 5.91 Å². The highest BCUT2D eigenvalue weighted by Gasteiger charge is 2.23. The number of amides is 1. The lowest BCUT2D eigenvalue weighted by Gasteiger charge is -2.34. The van der Waals surface area contributed by atoms with E-state index in [2.05, 4.69) is 4.98 Å². The standard InChI is InChI=1S/C20H21N3O2/c1-15-2-4-16(5-3-15)20(24)22-10-12-23(13-11-22)25-18-6-7-19-17(14-18)8-9-21-19/h2-9,14,21H,10-13H2,1H3. The fraction of sp³-hybridized carbons (Fsp3) is 0.250. The van der Waals surface area contributed by atoms with Crippen molar-refractivity contribution in [3.05, 3.63) is 65.9 Å². The van der Waals surface area contributed by atoms with Gasteiger partial charge in [-0.25, -0.2) is 0 Å². The number of nitrogens with one attached hydrogen (secondary N) is 1. The van der Waals surface area contributed by atoms with E-state index in [1.807, 2.05) is 71.6 Å². The number of benzene rings is 2. The minimum absolute atomic E-state index is 0.0911. The monoisotopic (exact) mass is 335 g/mol. The molecule has 128 valence electrons. The number of H-pyrrole nitrogens is 1. The first-order valence-corrected chi connectivity index (χ1v) is 8.55. The number of nitrogens with zero attached hydrogens (tertiary/aromatic N) is 2. The van der Waals surface area contributed by atoms with Gasteiger partial charge in [0.15, 0.2) is 0 Å². The molecule has 0 bridgehead atoms. The second-order valence-electron chi connectivity index (χ2n) is 6.41. The third-order valence-electron chi connectivity index (χ3n) is 4.58. The summed E-state index contributed by atoms with van der Waals surface area (Å²) < 4.78 is 0. The van der Waals surface area contributed by atoms with E-state index in [1.165, 1.54) is 0 Å². The second kappa shape index (κ2) is 6.61. The first kappa shape index (κ1) is 15.7. The molecule has 25 heavy (non-hydrogen) atoms. The average molecular weight is 335 g/mol. The molecule has 1 amide bonds. The summed E-state index contributed by atoms with van der Waals surface area (Å²) in [6.45, 7) is 4.75. The van der Waals surface area contributed by atoms with E-state index in [1.54, 1.807) is 0 Å². The van der Waals surface area contributed by atoms with Gasteiger partial charge in [0.2, 0.25) is 0 Å². The third-order valence-corrected chi connectivity index (χ3v) is 4.58. The number of aryl methyl sites for hydroxylation is 1. The molecule has 1 aliphatic heterocycles. The van der Waals surface area contributed by atoms with Crippen molar-refractivity contribution in [2.24, 2.45) is 0 Å². The molecule has 0 spiro atoms. The van der Waals surface area contributed by atoms with Gasteiger partial charge in [-0.1, -0.05) is 17.7 Å². The Balaban J connectivity index is 1.36. The van der Waals surface area contributed by atoms with Gasteiger partial charge in [-0.3, -0.25) is 4.79 Å². The molecule has 2 aromatic carbocycles. The highest BCUT2D eigenvalue weighted by Crippen LogP contribution is 2.21. The topological polar surface area (TPSA) is 48.6 Å². The zero-order valence-electron chi connectivity index (χ0n) is 14.2. The Kier molecular flexibility index (Phi) is 4.15. The fourth-order valence-electron chi connectivity index (χ4n) is 3.10. The first-order chi connectivity index (χ1) is 12.2. The fourth-order valence-corrected chi connectivity index (χ4v) is 3.10. The van der Waals surface area contributed by atoms with E-state index < -0.39 is 0 Å². The molecule has 0 unspecified atom stereocenters. The Bertz CT molecular complexity index is 877. The molecular weight excluding hydrogens is 314 g/mol.